The van der Waals surface area contributed by atoms with E-state index in [0.29, 0.717) is 0 Å². The molecule has 0 aliphatic heterocycles. The van der Waals surface area contributed by atoms with Gasteiger partial charge in [0, 0.05) is 0 Å². The Balaban J connectivity index is 1.96. The summed E-state index contributed by atoms with van der Waals surface area (Å²) in [7, 11) is 0. The van der Waals surface area contributed by atoms with Gasteiger partial charge in [0.25, 0.3) is 0 Å². The van der Waals surface area contributed by atoms with Gasteiger partial charge in [0.15, 0.2) is 0 Å². The summed E-state index contributed by atoms with van der Waals surface area (Å²) in [6.07, 6.45) is 2.26. The molecule has 3 rings (SSSR count). The van der Waals surface area contributed by atoms with Gasteiger partial charge in [-0.3, -0.25) is 0 Å². The number of rotatable bonds is 4. The first-order valence-electron chi connectivity index (χ1n) is 7.06. The Morgan fingerprint density at radius 3 is 1.43 bits per heavy atom. The van der Waals surface area contributed by atoms with Crippen LogP contribution >= 0.6 is 0 Å². The monoisotopic (exact) mass is 338 g/mol. The molecule has 21 heavy (non-hydrogen) atoms. The van der Waals surface area contributed by atoms with Crippen molar-refractivity contribution in [2.75, 3.05) is 0 Å². The van der Waals surface area contributed by atoms with Gasteiger partial charge in [-0.05, 0) is 0 Å². The topological polar surface area (TPSA) is 0 Å². The molecule has 0 aromatic heterocycles. The summed E-state index contributed by atoms with van der Waals surface area (Å²) in [5.41, 5.74) is 1.27. The zero-order chi connectivity index (χ0) is 14.3. The molecule has 0 saturated heterocycles. The van der Waals surface area contributed by atoms with Gasteiger partial charge in [0.05, 0.1) is 0 Å². The van der Waals surface area contributed by atoms with Crippen LogP contribution in [0.3, 0.4) is 0 Å². The van der Waals surface area contributed by atoms with Gasteiger partial charge in [-0.1, -0.05) is 0 Å². The molecule has 0 spiro atoms. The predicted octanol–water partition coefficient (Wildman–Crippen LogP) is 3.28. The van der Waals surface area contributed by atoms with Gasteiger partial charge in [0.2, 0.25) is 0 Å². The first-order chi connectivity index (χ1) is 10.4. The second-order valence-corrected chi connectivity index (χ2v) is 9.11. The number of benzene rings is 3. The van der Waals surface area contributed by atoms with Crippen LogP contribution in [-0.4, -0.2) is 13.9 Å². The second kappa shape index (κ2) is 7.08. The Bertz CT molecular complexity index is 648. The van der Waals surface area contributed by atoms with Crippen LogP contribution in [0, 0.1) is 0 Å². The number of hydrogen-bond acceptors (Lipinski definition) is 0. The van der Waals surface area contributed by atoms with Crippen molar-refractivity contribution < 1.29 is 0 Å². The van der Waals surface area contributed by atoms with Crippen molar-refractivity contribution in [3.05, 3.63) is 102 Å². The zero-order valence-corrected chi connectivity index (χ0v) is 13.6. The average Bonchev–Trinajstić information content (AvgIpc) is 2.58. The molecule has 0 amide bonds. The van der Waals surface area contributed by atoms with E-state index in [1.807, 2.05) is 0 Å². The van der Waals surface area contributed by atoms with E-state index in [1.54, 1.807) is 0 Å². The SMILES string of the molecule is C(=C\[SeH](c1ccccc1)c1ccccc1)/c1ccccc1. The molecule has 0 fully saturated rings. The van der Waals surface area contributed by atoms with Crippen molar-refractivity contribution in [3.63, 3.8) is 0 Å². The molecule has 1 heteroatoms. The van der Waals surface area contributed by atoms with Crippen LogP contribution in [0.15, 0.2) is 96.0 Å². The second-order valence-electron chi connectivity index (χ2n) is 4.77. The molecule has 0 bridgehead atoms. The number of hydrogen-bond donors (Lipinski definition) is 0. The van der Waals surface area contributed by atoms with Crippen molar-refractivity contribution in [2.45, 2.75) is 0 Å². The summed E-state index contributed by atoms with van der Waals surface area (Å²) < 4.78 is 2.92. The minimum atomic E-state index is -1.38. The molecule has 0 nitrogen and oxygen atoms in total. The van der Waals surface area contributed by atoms with Crippen LogP contribution < -0.4 is 8.92 Å². The maximum absolute atomic E-state index is 2.42. The molecule has 0 aliphatic rings. The molecule has 3 aromatic carbocycles. The summed E-state index contributed by atoms with van der Waals surface area (Å²) in [5.74, 6) is 0. The standard InChI is InChI=1S/C20H18Se/c1-4-10-18(11-5-1)16-17-21(19-12-6-2-7-13-19)20-14-8-3-9-15-20/h1-17,21H/b17-16+. The summed E-state index contributed by atoms with van der Waals surface area (Å²) >= 11 is -1.38. The molecule has 3 aromatic rings. The third-order valence-corrected chi connectivity index (χ3v) is 7.81. The quantitative estimate of drug-likeness (QED) is 0.641. The van der Waals surface area contributed by atoms with Gasteiger partial charge < -0.3 is 0 Å². The molecule has 104 valence electrons. The molecular formula is C20H18Se. The van der Waals surface area contributed by atoms with Crippen molar-refractivity contribution in [3.8, 4) is 0 Å². The van der Waals surface area contributed by atoms with E-state index < -0.39 is 13.9 Å². The minimum absolute atomic E-state index is 1.27. The Morgan fingerprint density at radius 1 is 0.524 bits per heavy atom. The molecular weight excluding hydrogens is 319 g/mol. The third-order valence-electron chi connectivity index (χ3n) is 3.28. The Hall–Kier alpha value is -2.08. The van der Waals surface area contributed by atoms with Crippen LogP contribution in [0.25, 0.3) is 6.08 Å². The van der Waals surface area contributed by atoms with Crippen molar-refractivity contribution in [2.24, 2.45) is 0 Å². The van der Waals surface area contributed by atoms with E-state index in [-0.39, 0.29) is 0 Å². The summed E-state index contributed by atoms with van der Waals surface area (Å²) in [6, 6.07) is 32.3. The van der Waals surface area contributed by atoms with E-state index in [9.17, 15) is 0 Å². The molecule has 0 unspecified atom stereocenters. The zero-order valence-electron chi connectivity index (χ0n) is 11.8. The first-order valence-corrected chi connectivity index (χ1v) is 10.0. The summed E-state index contributed by atoms with van der Waals surface area (Å²) in [4.78, 5) is 2.42. The van der Waals surface area contributed by atoms with Crippen LogP contribution in [0.2, 0.25) is 0 Å². The fraction of sp³-hybridized carbons (Fsp3) is 0. The van der Waals surface area contributed by atoms with Gasteiger partial charge >= 0.3 is 130 Å². The first kappa shape index (κ1) is 13.9. The van der Waals surface area contributed by atoms with E-state index in [4.69, 9.17) is 0 Å². The van der Waals surface area contributed by atoms with Gasteiger partial charge in [0.1, 0.15) is 0 Å². The van der Waals surface area contributed by atoms with E-state index in [0.717, 1.165) is 0 Å². The third kappa shape index (κ3) is 3.72. The maximum atomic E-state index is 2.42. The Morgan fingerprint density at radius 2 is 0.952 bits per heavy atom. The van der Waals surface area contributed by atoms with Gasteiger partial charge in [-0.15, -0.1) is 0 Å². The fourth-order valence-corrected chi connectivity index (χ4v) is 6.31. The van der Waals surface area contributed by atoms with Crippen molar-refractivity contribution >= 4 is 28.9 Å². The van der Waals surface area contributed by atoms with Crippen LogP contribution in [-0.2, 0) is 0 Å². The molecule has 0 saturated carbocycles. The van der Waals surface area contributed by atoms with Crippen molar-refractivity contribution in [1.29, 1.82) is 0 Å². The normalized spacial score (nSPS) is 11.5. The fourth-order valence-electron chi connectivity index (χ4n) is 2.22. The predicted molar refractivity (Wildman–Crippen MR) is 94.8 cm³/mol. The van der Waals surface area contributed by atoms with Crippen molar-refractivity contribution in [1.82, 2.24) is 0 Å². The molecule has 0 radical (unpaired) electrons. The van der Waals surface area contributed by atoms with E-state index in [1.165, 1.54) is 14.5 Å². The van der Waals surface area contributed by atoms with E-state index in [2.05, 4.69) is 102 Å². The molecule has 0 aliphatic carbocycles. The molecule has 0 atom stereocenters. The van der Waals surface area contributed by atoms with Gasteiger partial charge in [-0.2, -0.15) is 0 Å². The summed E-state index contributed by atoms with van der Waals surface area (Å²) in [5, 5.41) is 0. The molecule has 0 heterocycles. The van der Waals surface area contributed by atoms with Crippen LogP contribution in [0.5, 0.6) is 0 Å². The average molecular weight is 337 g/mol. The van der Waals surface area contributed by atoms with E-state index >= 15 is 0 Å². The van der Waals surface area contributed by atoms with Gasteiger partial charge in [-0.25, -0.2) is 0 Å². The molecule has 0 N–H and O–H groups in total. The van der Waals surface area contributed by atoms with Crippen LogP contribution in [0.1, 0.15) is 5.56 Å². The van der Waals surface area contributed by atoms with Crippen LogP contribution in [0.4, 0.5) is 0 Å². The Labute approximate surface area is 130 Å². The summed E-state index contributed by atoms with van der Waals surface area (Å²) in [6.45, 7) is 0. The Kier molecular flexibility index (Phi) is 4.68.